The molecule has 18 heavy (non-hydrogen) atoms. The highest BCUT2D eigenvalue weighted by atomic mass is 15.5. The van der Waals surface area contributed by atoms with Gasteiger partial charge in [0.15, 0.2) is 0 Å². The zero-order valence-corrected chi connectivity index (χ0v) is 10.3. The second-order valence-corrected chi connectivity index (χ2v) is 4.59. The standard InChI is InChI=1S/C14H16N4/c1-4-8-18(9-5-1)17-16-13-10-12-6-2-3-7-14(12)15-11-13/h2-3,6-7,10-11H,1,4-5,8-9H2. The van der Waals surface area contributed by atoms with Crippen molar-refractivity contribution in [1.82, 2.24) is 9.99 Å². The molecule has 0 atom stereocenters. The van der Waals surface area contributed by atoms with Gasteiger partial charge in [0.05, 0.1) is 11.7 Å². The van der Waals surface area contributed by atoms with Crippen molar-refractivity contribution in [2.75, 3.05) is 13.1 Å². The monoisotopic (exact) mass is 240 g/mol. The summed E-state index contributed by atoms with van der Waals surface area (Å²) < 4.78 is 0. The molecule has 1 aromatic carbocycles. The maximum absolute atomic E-state index is 4.37. The van der Waals surface area contributed by atoms with E-state index in [1.807, 2.05) is 35.3 Å². The first-order chi connectivity index (χ1) is 8.92. The number of nitrogens with zero attached hydrogens (tertiary/aromatic N) is 4. The number of fused-ring (bicyclic) bond motifs is 1. The third kappa shape index (κ3) is 2.47. The maximum atomic E-state index is 4.37. The lowest BCUT2D eigenvalue weighted by atomic mass is 10.2. The van der Waals surface area contributed by atoms with E-state index in [-0.39, 0.29) is 0 Å². The van der Waals surface area contributed by atoms with Gasteiger partial charge in [-0.05, 0) is 31.4 Å². The molecule has 0 saturated carbocycles. The van der Waals surface area contributed by atoms with E-state index >= 15 is 0 Å². The summed E-state index contributed by atoms with van der Waals surface area (Å²) in [6.45, 7) is 2.04. The minimum atomic E-state index is 0.819. The Morgan fingerprint density at radius 1 is 1.06 bits per heavy atom. The van der Waals surface area contributed by atoms with Gasteiger partial charge in [0, 0.05) is 18.5 Å². The van der Waals surface area contributed by atoms with Gasteiger partial charge in [0.1, 0.15) is 5.69 Å². The summed E-state index contributed by atoms with van der Waals surface area (Å²) in [6.07, 6.45) is 5.52. The molecule has 0 unspecified atom stereocenters. The Bertz CT molecular complexity index is 558. The van der Waals surface area contributed by atoms with Gasteiger partial charge in [-0.1, -0.05) is 23.4 Å². The topological polar surface area (TPSA) is 40.9 Å². The zero-order chi connectivity index (χ0) is 12.2. The molecule has 1 aliphatic heterocycles. The second-order valence-electron chi connectivity index (χ2n) is 4.59. The first-order valence-electron chi connectivity index (χ1n) is 6.43. The average Bonchev–Trinajstić information content (AvgIpc) is 2.46. The van der Waals surface area contributed by atoms with E-state index in [0.29, 0.717) is 0 Å². The molecular formula is C14H16N4. The summed E-state index contributed by atoms with van der Waals surface area (Å²) >= 11 is 0. The molecule has 4 nitrogen and oxygen atoms in total. The van der Waals surface area contributed by atoms with E-state index in [0.717, 1.165) is 29.7 Å². The first kappa shape index (κ1) is 11.1. The fourth-order valence-corrected chi connectivity index (χ4v) is 2.20. The van der Waals surface area contributed by atoms with Crippen molar-refractivity contribution in [3.05, 3.63) is 36.5 Å². The maximum Gasteiger partial charge on any atom is 0.106 e. The fraction of sp³-hybridized carbons (Fsp3) is 0.357. The average molecular weight is 240 g/mol. The fourth-order valence-electron chi connectivity index (χ4n) is 2.20. The lowest BCUT2D eigenvalue weighted by Crippen LogP contribution is -2.23. The number of rotatable bonds is 2. The Balaban J connectivity index is 1.79. The predicted octanol–water partition coefficient (Wildman–Crippen LogP) is 3.72. The number of para-hydroxylation sites is 1. The highest BCUT2D eigenvalue weighted by molar-refractivity contribution is 5.80. The zero-order valence-electron chi connectivity index (χ0n) is 10.3. The predicted molar refractivity (Wildman–Crippen MR) is 71.7 cm³/mol. The Hall–Kier alpha value is -1.97. The highest BCUT2D eigenvalue weighted by Crippen LogP contribution is 2.19. The molecule has 0 aliphatic carbocycles. The van der Waals surface area contributed by atoms with E-state index in [9.17, 15) is 0 Å². The lowest BCUT2D eigenvalue weighted by molar-refractivity contribution is 0.224. The Labute approximate surface area is 106 Å². The van der Waals surface area contributed by atoms with Crippen molar-refractivity contribution in [3.63, 3.8) is 0 Å². The number of pyridine rings is 1. The van der Waals surface area contributed by atoms with Gasteiger partial charge < -0.3 is 0 Å². The number of hydrogen-bond acceptors (Lipinski definition) is 3. The normalized spacial score (nSPS) is 16.6. The van der Waals surface area contributed by atoms with Crippen molar-refractivity contribution in [3.8, 4) is 0 Å². The van der Waals surface area contributed by atoms with E-state index in [1.165, 1.54) is 19.3 Å². The summed E-state index contributed by atoms with van der Waals surface area (Å²) in [5.41, 5.74) is 1.81. The molecule has 2 aromatic rings. The van der Waals surface area contributed by atoms with Crippen LogP contribution in [-0.4, -0.2) is 23.1 Å². The van der Waals surface area contributed by atoms with Crippen molar-refractivity contribution >= 4 is 16.6 Å². The molecule has 0 bridgehead atoms. The van der Waals surface area contributed by atoms with Crippen LogP contribution in [0.3, 0.4) is 0 Å². The summed E-state index contributed by atoms with van der Waals surface area (Å²) in [6, 6.07) is 10.1. The summed E-state index contributed by atoms with van der Waals surface area (Å²) in [4.78, 5) is 4.37. The van der Waals surface area contributed by atoms with Crippen LogP contribution in [0.15, 0.2) is 46.9 Å². The number of benzene rings is 1. The van der Waals surface area contributed by atoms with Crippen molar-refractivity contribution in [1.29, 1.82) is 0 Å². The minimum absolute atomic E-state index is 0.819. The van der Waals surface area contributed by atoms with Crippen molar-refractivity contribution < 1.29 is 0 Å². The summed E-state index contributed by atoms with van der Waals surface area (Å²) in [7, 11) is 0. The van der Waals surface area contributed by atoms with Crippen LogP contribution in [0.25, 0.3) is 10.9 Å². The van der Waals surface area contributed by atoms with E-state index in [2.05, 4.69) is 15.3 Å². The first-order valence-corrected chi connectivity index (χ1v) is 6.43. The minimum Gasteiger partial charge on any atom is -0.278 e. The lowest BCUT2D eigenvalue weighted by Gasteiger charge is -2.21. The van der Waals surface area contributed by atoms with E-state index in [4.69, 9.17) is 0 Å². The number of piperidine rings is 1. The third-order valence-electron chi connectivity index (χ3n) is 3.20. The van der Waals surface area contributed by atoms with Gasteiger partial charge in [-0.15, -0.1) is 5.11 Å². The molecular weight excluding hydrogens is 224 g/mol. The smallest absolute Gasteiger partial charge is 0.106 e. The molecule has 2 heterocycles. The quantitative estimate of drug-likeness (QED) is 0.751. The van der Waals surface area contributed by atoms with Crippen LogP contribution in [0.2, 0.25) is 0 Å². The molecule has 1 fully saturated rings. The van der Waals surface area contributed by atoms with Gasteiger partial charge >= 0.3 is 0 Å². The van der Waals surface area contributed by atoms with Crippen LogP contribution >= 0.6 is 0 Å². The third-order valence-corrected chi connectivity index (χ3v) is 3.20. The van der Waals surface area contributed by atoms with Crippen molar-refractivity contribution in [2.24, 2.45) is 10.3 Å². The number of hydrogen-bond donors (Lipinski definition) is 0. The Kier molecular flexibility index (Phi) is 3.17. The van der Waals surface area contributed by atoms with Gasteiger partial charge in [0.2, 0.25) is 0 Å². The largest absolute Gasteiger partial charge is 0.278 e. The summed E-state index contributed by atoms with van der Waals surface area (Å²) in [5, 5.41) is 11.7. The molecule has 4 heteroatoms. The molecule has 0 N–H and O–H groups in total. The molecule has 0 spiro atoms. The molecule has 92 valence electrons. The van der Waals surface area contributed by atoms with Crippen LogP contribution < -0.4 is 0 Å². The van der Waals surface area contributed by atoms with Crippen LogP contribution in [0.4, 0.5) is 5.69 Å². The van der Waals surface area contributed by atoms with Crippen LogP contribution in [0.1, 0.15) is 19.3 Å². The van der Waals surface area contributed by atoms with Gasteiger partial charge in [-0.2, -0.15) is 0 Å². The van der Waals surface area contributed by atoms with Gasteiger partial charge in [-0.3, -0.25) is 9.99 Å². The molecule has 1 saturated heterocycles. The Morgan fingerprint density at radius 3 is 2.78 bits per heavy atom. The van der Waals surface area contributed by atoms with Gasteiger partial charge in [-0.25, -0.2) is 0 Å². The number of aromatic nitrogens is 1. The van der Waals surface area contributed by atoms with E-state index in [1.54, 1.807) is 6.20 Å². The van der Waals surface area contributed by atoms with Crippen molar-refractivity contribution in [2.45, 2.75) is 19.3 Å². The van der Waals surface area contributed by atoms with Crippen LogP contribution in [0.5, 0.6) is 0 Å². The summed E-state index contributed by atoms with van der Waals surface area (Å²) in [5.74, 6) is 0. The SMILES string of the molecule is c1ccc2ncc(N=NN3CCCCC3)cc2c1. The molecule has 0 amide bonds. The van der Waals surface area contributed by atoms with Gasteiger partial charge in [0.25, 0.3) is 0 Å². The highest BCUT2D eigenvalue weighted by Gasteiger charge is 2.07. The molecule has 0 radical (unpaired) electrons. The van der Waals surface area contributed by atoms with E-state index < -0.39 is 0 Å². The second kappa shape index (κ2) is 5.12. The molecule has 1 aromatic heterocycles. The van der Waals surface area contributed by atoms with Crippen LogP contribution in [-0.2, 0) is 0 Å². The van der Waals surface area contributed by atoms with Crippen LogP contribution in [0, 0.1) is 0 Å². The molecule has 1 aliphatic rings. The molecule has 3 rings (SSSR count). The Morgan fingerprint density at radius 2 is 1.89 bits per heavy atom.